The molecule has 0 amide bonds. The number of rotatable bonds is 70. The van der Waals surface area contributed by atoms with Gasteiger partial charge in [0.25, 0.3) is 0 Å². The summed E-state index contributed by atoms with van der Waals surface area (Å²) in [5.41, 5.74) is 3.43. The number of hydrogen-bond acceptors (Lipinski definition) is 21. The Morgan fingerprint density at radius 3 is 0.576 bits per heavy atom. The van der Waals surface area contributed by atoms with Gasteiger partial charge in [0.15, 0.2) is 16.6 Å². The van der Waals surface area contributed by atoms with E-state index in [-0.39, 0.29) is 48.9 Å². The van der Waals surface area contributed by atoms with E-state index in [1.54, 1.807) is 0 Å². The Kier molecular flexibility index (Phi) is 60.5. The predicted molar refractivity (Wildman–Crippen MR) is 399 cm³/mol. The van der Waals surface area contributed by atoms with Crippen LogP contribution in [0.3, 0.4) is 0 Å². The van der Waals surface area contributed by atoms with Crippen LogP contribution in [0.25, 0.3) is 0 Å². The molecule has 0 bridgehead atoms. The first kappa shape index (κ1) is 97.4. The molecule has 0 N–H and O–H groups in total. The van der Waals surface area contributed by atoms with E-state index in [2.05, 4.69) is 120 Å². The van der Waals surface area contributed by atoms with E-state index in [1.165, 1.54) is 11.1 Å². The van der Waals surface area contributed by atoms with E-state index in [0.717, 1.165) is 49.3 Å². The van der Waals surface area contributed by atoms with E-state index < -0.39 is 16.6 Å². The summed E-state index contributed by atoms with van der Waals surface area (Å²) >= 11 is 0. The van der Waals surface area contributed by atoms with Crippen LogP contribution < -0.4 is 28.3 Å². The molecule has 0 saturated carbocycles. The SMILES string of the molecule is CC(C)(C)CC(C)(C)c1ccc(OCCOCCOCCOCCOCCOCCOCCOCCOCCOCCC[Si](C)(C)O[Si](C)(C)CCCOCCOCCOCCOCCOCCOCCOCCOCCOCCOc2ccc(C(C)(C)CC(C)(C)C)cc2)cc1.[BH4-].[Li+]. The third kappa shape index (κ3) is 61.3. The van der Waals surface area contributed by atoms with Gasteiger partial charge in [0.1, 0.15) is 24.7 Å². The van der Waals surface area contributed by atoms with Crippen LogP contribution in [0.1, 0.15) is 106 Å². The molecule has 0 radical (unpaired) electrons. The summed E-state index contributed by atoms with van der Waals surface area (Å²) in [6.07, 6.45) is 4.20. The first-order chi connectivity index (χ1) is 46.5. The molecule has 21 nitrogen and oxygen atoms in total. The molecule has 0 heterocycles. The van der Waals surface area contributed by atoms with Crippen molar-refractivity contribution in [3.63, 3.8) is 0 Å². The van der Waals surface area contributed by atoms with Crippen molar-refractivity contribution in [2.45, 2.75) is 144 Å². The van der Waals surface area contributed by atoms with Crippen molar-refractivity contribution in [1.29, 1.82) is 0 Å². The van der Waals surface area contributed by atoms with Crippen molar-refractivity contribution < 1.29 is 118 Å². The topological polar surface area (TPSA) is 194 Å². The summed E-state index contributed by atoms with van der Waals surface area (Å²) in [4.78, 5) is 0. The maximum atomic E-state index is 6.82. The van der Waals surface area contributed by atoms with Crippen LogP contribution in [-0.4, -0.2) is 276 Å². The van der Waals surface area contributed by atoms with Gasteiger partial charge in [-0.15, -0.1) is 0 Å². The largest absolute Gasteiger partial charge is 1.00 e. The molecule has 576 valence electrons. The Morgan fingerprint density at radius 2 is 0.404 bits per heavy atom. The molecule has 0 aromatic heterocycles. The molecule has 2 rings (SSSR count). The van der Waals surface area contributed by atoms with Gasteiger partial charge in [-0.05, 0) is 121 Å². The molecule has 0 aliphatic carbocycles. The van der Waals surface area contributed by atoms with Crippen LogP contribution in [-0.2, 0) is 100 Å². The van der Waals surface area contributed by atoms with Crippen molar-refractivity contribution in [3.8, 4) is 11.5 Å². The maximum Gasteiger partial charge on any atom is 1.00 e. The van der Waals surface area contributed by atoms with Gasteiger partial charge >= 0.3 is 18.9 Å². The quantitative estimate of drug-likeness (QED) is 0.0463. The summed E-state index contributed by atoms with van der Waals surface area (Å²) < 4.78 is 120. The molecular weight excluding hydrogens is 1300 g/mol. The normalized spacial score (nSPS) is 12.5. The van der Waals surface area contributed by atoms with Gasteiger partial charge in [0.05, 0.1) is 225 Å². The predicted octanol–water partition coefficient (Wildman–Crippen LogP) is 7.63. The average molecular weight is 1440 g/mol. The first-order valence-corrected chi connectivity index (χ1v) is 42.3. The molecule has 0 unspecified atom stereocenters. The van der Waals surface area contributed by atoms with Gasteiger partial charge < -0.3 is 98.9 Å². The van der Waals surface area contributed by atoms with Gasteiger partial charge in [-0.1, -0.05) is 102 Å². The molecule has 0 atom stereocenters. The van der Waals surface area contributed by atoms with Crippen LogP contribution in [0.4, 0.5) is 0 Å². The minimum atomic E-state index is -1.81. The number of ether oxygens (including phenoxy) is 20. The van der Waals surface area contributed by atoms with Gasteiger partial charge in [0, 0.05) is 13.2 Å². The molecule has 2 aromatic rings. The smallest absolute Gasteiger partial charge is 0.491 e. The first-order valence-electron chi connectivity index (χ1n) is 36.1. The zero-order valence-electron chi connectivity index (χ0n) is 64.3. The zero-order valence-corrected chi connectivity index (χ0v) is 66.3. The summed E-state index contributed by atoms with van der Waals surface area (Å²) in [5.74, 6) is 1.72. The second-order valence-electron chi connectivity index (χ2n) is 28.8. The fourth-order valence-electron chi connectivity index (χ4n) is 11.1. The Hall–Kier alpha value is -1.62. The minimum Gasteiger partial charge on any atom is -0.491 e. The van der Waals surface area contributed by atoms with E-state index >= 15 is 0 Å². The molecule has 0 saturated heterocycles. The monoisotopic (exact) mass is 1440 g/mol. The molecule has 25 heteroatoms. The fraction of sp³-hybridized carbons (Fsp3) is 0.838. The Bertz CT molecular complexity index is 1930. The van der Waals surface area contributed by atoms with Gasteiger partial charge in [-0.3, -0.25) is 0 Å². The molecular formula is C74H142BLiO21Si2. The second-order valence-corrected chi connectivity index (χ2v) is 37.7. The van der Waals surface area contributed by atoms with Crippen molar-refractivity contribution >= 4 is 25.0 Å². The van der Waals surface area contributed by atoms with Gasteiger partial charge in [-0.25, -0.2) is 0 Å². The number of hydrogen-bond donors (Lipinski definition) is 0. The van der Waals surface area contributed by atoms with E-state index in [9.17, 15) is 0 Å². The summed E-state index contributed by atoms with van der Waals surface area (Å²) in [5, 5.41) is 0. The van der Waals surface area contributed by atoms with Gasteiger partial charge in [0.2, 0.25) is 0 Å². The molecule has 2 aromatic carbocycles. The standard InChI is InChI=1S/C74H138O21Si2.BH4.Li/c1-71(2,3)65-73(7,8)67-17-21-69(22-18-67)93-61-59-91-57-55-89-53-51-87-49-47-85-45-43-83-41-39-81-37-35-79-33-31-77-29-27-75-25-15-63-96(11,12)95-97(13,14)64-16-26-76-28-30-78-32-34-80-36-38-82-40-42-84-44-46-86-48-50-88-52-54-90-56-58-92-60-62-94-70-23-19-68(20-24-70)74(9,10)66-72(4,5)6;;/h17-24H,15-16,25-66H2,1-14H3;1H4;/q;-1;+1. The van der Waals surface area contributed by atoms with Crippen molar-refractivity contribution in [2.75, 3.05) is 251 Å². The zero-order chi connectivity index (χ0) is 70.9. The maximum absolute atomic E-state index is 6.82. The van der Waals surface area contributed by atoms with E-state index in [1.807, 2.05) is 24.3 Å². The van der Waals surface area contributed by atoms with E-state index in [0.29, 0.717) is 251 Å². The van der Waals surface area contributed by atoms with Gasteiger partial charge in [-0.2, -0.15) is 0 Å². The van der Waals surface area contributed by atoms with Crippen LogP contribution in [0.5, 0.6) is 11.5 Å². The molecule has 99 heavy (non-hydrogen) atoms. The summed E-state index contributed by atoms with van der Waals surface area (Å²) in [6, 6.07) is 19.0. The Labute approximate surface area is 616 Å². The third-order valence-electron chi connectivity index (χ3n) is 14.8. The minimum absolute atomic E-state index is 0. The summed E-state index contributed by atoms with van der Waals surface area (Å²) in [6.45, 7) is 52.0. The van der Waals surface area contributed by atoms with Crippen LogP contribution in [0.2, 0.25) is 38.3 Å². The molecule has 0 fully saturated rings. The molecule has 0 spiro atoms. The number of benzene rings is 2. The second kappa shape index (κ2) is 61.5. The molecule has 0 aliphatic heterocycles. The van der Waals surface area contributed by atoms with Crippen LogP contribution >= 0.6 is 0 Å². The van der Waals surface area contributed by atoms with E-state index in [4.69, 9.17) is 98.9 Å². The van der Waals surface area contributed by atoms with Crippen molar-refractivity contribution in [2.24, 2.45) is 10.8 Å². The Morgan fingerprint density at radius 1 is 0.242 bits per heavy atom. The van der Waals surface area contributed by atoms with Crippen LogP contribution in [0, 0.1) is 10.8 Å². The summed E-state index contributed by atoms with van der Waals surface area (Å²) in [7, 11) is -3.61. The average Bonchev–Trinajstić information content (AvgIpc) is 0.842. The fourth-order valence-corrected chi connectivity index (χ4v) is 19.9. The van der Waals surface area contributed by atoms with Crippen molar-refractivity contribution in [3.05, 3.63) is 59.7 Å². The Balaban J connectivity index is 0.0000480. The van der Waals surface area contributed by atoms with Crippen molar-refractivity contribution in [1.82, 2.24) is 0 Å². The third-order valence-corrected chi connectivity index (χ3v) is 22.4. The van der Waals surface area contributed by atoms with Crippen LogP contribution in [0.15, 0.2) is 48.5 Å². The molecule has 0 aliphatic rings.